The van der Waals surface area contributed by atoms with Crippen LogP contribution in [0, 0.1) is 0 Å². The predicted molar refractivity (Wildman–Crippen MR) is 125 cm³/mol. The van der Waals surface area contributed by atoms with Crippen molar-refractivity contribution in [3.63, 3.8) is 0 Å². The molecule has 4 heterocycles. The number of hydrogen-bond donors (Lipinski definition) is 4. The Morgan fingerprint density at radius 2 is 2.03 bits per heavy atom. The Labute approximate surface area is 191 Å². The number of amides is 1. The minimum atomic E-state index is -0.463. The topological polar surface area (TPSA) is 148 Å². The number of carbonyl (C=O) groups is 1. The molecule has 10 heteroatoms. The summed E-state index contributed by atoms with van der Waals surface area (Å²) >= 11 is 0. The van der Waals surface area contributed by atoms with Gasteiger partial charge in [0.1, 0.15) is 11.6 Å². The summed E-state index contributed by atoms with van der Waals surface area (Å²) in [4.78, 5) is 26.9. The summed E-state index contributed by atoms with van der Waals surface area (Å²) in [5.74, 6) is 2.75. The van der Waals surface area contributed by atoms with Crippen molar-refractivity contribution in [3.8, 4) is 0 Å². The van der Waals surface area contributed by atoms with E-state index >= 15 is 0 Å². The SMILES string of the molecule is NC(=O)C1CCC[N+]1(c1ccc(N)nc1)c1nc2c(c(Nc3cc(C4CC4)[nH]n3)n1)CCC2. The molecule has 0 radical (unpaired) electrons. The molecule has 2 fully saturated rings. The monoisotopic (exact) mass is 446 g/mol. The average molecular weight is 447 g/mol. The first kappa shape index (κ1) is 20.1. The van der Waals surface area contributed by atoms with E-state index in [4.69, 9.17) is 21.4 Å². The molecule has 1 aliphatic heterocycles. The van der Waals surface area contributed by atoms with Crippen molar-refractivity contribution in [2.75, 3.05) is 17.6 Å². The predicted octanol–water partition coefficient (Wildman–Crippen LogP) is 2.57. The molecule has 2 atom stereocenters. The van der Waals surface area contributed by atoms with Gasteiger partial charge in [0.15, 0.2) is 17.5 Å². The first-order valence-electron chi connectivity index (χ1n) is 11.7. The summed E-state index contributed by atoms with van der Waals surface area (Å²) in [5.41, 5.74) is 15.9. The van der Waals surface area contributed by atoms with Crippen LogP contribution in [0.4, 0.5) is 29.1 Å². The van der Waals surface area contributed by atoms with E-state index in [9.17, 15) is 4.79 Å². The van der Waals surface area contributed by atoms with Crippen molar-refractivity contribution in [2.45, 2.75) is 56.9 Å². The van der Waals surface area contributed by atoms with Crippen LogP contribution in [0.15, 0.2) is 24.4 Å². The molecule has 10 nitrogen and oxygen atoms in total. The second-order valence-corrected chi connectivity index (χ2v) is 9.35. The maximum Gasteiger partial charge on any atom is 0.337 e. The highest BCUT2D eigenvalue weighted by molar-refractivity contribution is 5.84. The lowest BCUT2D eigenvalue weighted by Crippen LogP contribution is -2.55. The molecular weight excluding hydrogens is 418 g/mol. The van der Waals surface area contributed by atoms with Crippen LogP contribution in [-0.4, -0.2) is 43.6 Å². The number of aryl methyl sites for hydroxylation is 1. The number of nitrogen functional groups attached to an aromatic ring is 1. The number of hydrogen-bond acceptors (Lipinski definition) is 7. The second-order valence-electron chi connectivity index (χ2n) is 9.35. The average Bonchev–Trinajstić information content (AvgIpc) is 3.19. The van der Waals surface area contributed by atoms with Crippen LogP contribution in [0.1, 0.15) is 55.0 Å². The normalized spacial score (nSPS) is 24.1. The van der Waals surface area contributed by atoms with Crippen LogP contribution < -0.4 is 21.3 Å². The Balaban J connectivity index is 1.47. The zero-order valence-electron chi connectivity index (χ0n) is 18.4. The fourth-order valence-corrected chi connectivity index (χ4v) is 5.39. The zero-order chi connectivity index (χ0) is 22.6. The molecule has 3 aromatic heterocycles. The molecule has 0 spiro atoms. The number of aromatic nitrogens is 5. The minimum Gasteiger partial charge on any atom is -0.384 e. The van der Waals surface area contributed by atoms with Crippen LogP contribution in [-0.2, 0) is 17.6 Å². The summed E-state index contributed by atoms with van der Waals surface area (Å²) in [6.07, 6.45) is 8.47. The fourth-order valence-electron chi connectivity index (χ4n) is 5.39. The van der Waals surface area contributed by atoms with Crippen molar-refractivity contribution in [3.05, 3.63) is 41.3 Å². The highest BCUT2D eigenvalue weighted by Gasteiger charge is 2.52. The van der Waals surface area contributed by atoms with Gasteiger partial charge in [-0.1, -0.05) is 0 Å². The Bertz CT molecular complexity index is 1220. The van der Waals surface area contributed by atoms with Gasteiger partial charge in [-0.15, -0.1) is 0 Å². The molecule has 6 rings (SSSR count). The fraction of sp³-hybridized carbons (Fsp3) is 0.435. The second kappa shape index (κ2) is 7.51. The third-order valence-corrected chi connectivity index (χ3v) is 7.22. The van der Waals surface area contributed by atoms with Crippen molar-refractivity contribution in [1.29, 1.82) is 0 Å². The molecule has 2 unspecified atom stereocenters. The van der Waals surface area contributed by atoms with E-state index in [1.54, 1.807) is 12.3 Å². The van der Waals surface area contributed by atoms with Crippen LogP contribution in [0.2, 0.25) is 0 Å². The number of anilines is 3. The van der Waals surface area contributed by atoms with E-state index in [1.165, 1.54) is 12.8 Å². The molecule has 0 aromatic carbocycles. The number of nitrogens with one attached hydrogen (secondary N) is 2. The number of nitrogens with zero attached hydrogens (tertiary/aromatic N) is 5. The number of H-pyrrole nitrogens is 1. The first-order valence-corrected chi connectivity index (χ1v) is 11.7. The molecule has 0 bridgehead atoms. The summed E-state index contributed by atoms with van der Waals surface area (Å²) < 4.78 is 0.165. The first-order chi connectivity index (χ1) is 16.0. The zero-order valence-corrected chi connectivity index (χ0v) is 18.4. The number of quaternary nitrogens is 1. The van der Waals surface area contributed by atoms with Gasteiger partial charge in [-0.05, 0) is 38.2 Å². The summed E-state index contributed by atoms with van der Waals surface area (Å²) in [7, 11) is 0. The minimum absolute atomic E-state index is 0.165. The smallest absolute Gasteiger partial charge is 0.337 e. The van der Waals surface area contributed by atoms with Crippen molar-refractivity contribution < 1.29 is 4.79 Å². The van der Waals surface area contributed by atoms with Gasteiger partial charge in [0, 0.05) is 42.1 Å². The lowest BCUT2D eigenvalue weighted by molar-refractivity contribution is -0.121. The molecule has 6 N–H and O–H groups in total. The number of fused-ring (bicyclic) bond motifs is 1. The molecule has 1 saturated heterocycles. The number of nitrogens with two attached hydrogens (primary N) is 2. The molecule has 1 amide bonds. The third-order valence-electron chi connectivity index (χ3n) is 7.22. The number of carbonyl (C=O) groups excluding carboxylic acids is 1. The van der Waals surface area contributed by atoms with Gasteiger partial charge >= 0.3 is 5.95 Å². The van der Waals surface area contributed by atoms with Gasteiger partial charge in [-0.2, -0.15) is 15.1 Å². The van der Waals surface area contributed by atoms with E-state index in [1.807, 2.05) is 6.07 Å². The Morgan fingerprint density at radius 3 is 2.79 bits per heavy atom. The Kier molecular flexibility index (Phi) is 4.58. The van der Waals surface area contributed by atoms with Crippen molar-refractivity contribution in [1.82, 2.24) is 29.6 Å². The van der Waals surface area contributed by atoms with Gasteiger partial charge in [-0.25, -0.2) is 9.47 Å². The van der Waals surface area contributed by atoms with Crippen LogP contribution >= 0.6 is 0 Å². The largest absolute Gasteiger partial charge is 0.384 e. The molecule has 3 aliphatic rings. The summed E-state index contributed by atoms with van der Waals surface area (Å²) in [6.45, 7) is 0.672. The maximum atomic E-state index is 12.6. The van der Waals surface area contributed by atoms with Crippen LogP contribution in [0.5, 0.6) is 0 Å². The quantitative estimate of drug-likeness (QED) is 0.425. The molecule has 1 saturated carbocycles. The van der Waals surface area contributed by atoms with E-state index in [-0.39, 0.29) is 10.4 Å². The third kappa shape index (κ3) is 3.32. The Morgan fingerprint density at radius 1 is 1.15 bits per heavy atom. The maximum absolute atomic E-state index is 12.6. The van der Waals surface area contributed by atoms with Crippen LogP contribution in [0.3, 0.4) is 0 Å². The lowest BCUT2D eigenvalue weighted by atomic mass is 10.1. The molecule has 3 aromatic rings. The van der Waals surface area contributed by atoms with E-state index in [0.717, 1.165) is 60.0 Å². The number of primary amides is 1. The van der Waals surface area contributed by atoms with Gasteiger partial charge in [0.25, 0.3) is 5.91 Å². The molecule has 2 aliphatic carbocycles. The standard InChI is InChI=1S/C23H27N9O/c24-19-9-8-14(12-26-19)32(10-2-5-18(32)21(25)33)23-27-16-4-1-3-15(16)22(29-23)28-20-11-17(30-31-20)13-6-7-13/h8-9,11-13,18H,1-7,10H2,(H5-,24,25,26,27,28,29,30,31,33)/p+1. The van der Waals surface area contributed by atoms with Gasteiger partial charge in [-0.3, -0.25) is 9.89 Å². The lowest BCUT2D eigenvalue weighted by Gasteiger charge is -2.35. The highest BCUT2D eigenvalue weighted by Crippen LogP contribution is 2.44. The number of rotatable bonds is 6. The molecule has 33 heavy (non-hydrogen) atoms. The van der Waals surface area contributed by atoms with Crippen molar-refractivity contribution >= 4 is 35.0 Å². The van der Waals surface area contributed by atoms with Gasteiger partial charge < -0.3 is 16.8 Å². The van der Waals surface area contributed by atoms with Gasteiger partial charge in [0.2, 0.25) is 0 Å². The Hall–Kier alpha value is -3.53. The van der Waals surface area contributed by atoms with E-state index < -0.39 is 6.04 Å². The van der Waals surface area contributed by atoms with Crippen molar-refractivity contribution in [2.24, 2.45) is 5.73 Å². The van der Waals surface area contributed by atoms with E-state index in [0.29, 0.717) is 30.6 Å². The molecule has 170 valence electrons. The number of pyridine rings is 1. The summed E-state index contributed by atoms with van der Waals surface area (Å²) in [6, 6.07) is 5.26. The summed E-state index contributed by atoms with van der Waals surface area (Å²) in [5, 5.41) is 11.0. The van der Waals surface area contributed by atoms with Crippen LogP contribution in [0.25, 0.3) is 0 Å². The highest BCUT2D eigenvalue weighted by atomic mass is 16.1. The van der Waals surface area contributed by atoms with Gasteiger partial charge in [0.05, 0.1) is 18.4 Å². The van der Waals surface area contributed by atoms with E-state index in [2.05, 4.69) is 26.6 Å². The molecular formula is C23H28N9O+. The number of aromatic amines is 1.